The molecule has 0 aromatic heterocycles. The zero-order valence-electron chi connectivity index (χ0n) is 13.3. The van der Waals surface area contributed by atoms with Crippen LogP contribution in [0.3, 0.4) is 0 Å². The lowest BCUT2D eigenvalue weighted by Gasteiger charge is -2.36. The fourth-order valence-electron chi connectivity index (χ4n) is 3.00. The molecule has 24 heavy (non-hydrogen) atoms. The van der Waals surface area contributed by atoms with E-state index < -0.39 is 0 Å². The van der Waals surface area contributed by atoms with Gasteiger partial charge in [-0.25, -0.2) is 4.79 Å². The SMILES string of the molecule is COc1ccc(NC(=O)N2CCc3ccccc3[C@@H]2CO)c(Cl)c1. The zero-order chi connectivity index (χ0) is 17.1. The number of carbonyl (C=O) groups excluding carboxylic acids is 1. The number of aliphatic hydroxyl groups excluding tert-OH is 1. The summed E-state index contributed by atoms with van der Waals surface area (Å²) in [7, 11) is 1.56. The van der Waals surface area contributed by atoms with E-state index in [4.69, 9.17) is 16.3 Å². The third kappa shape index (κ3) is 3.18. The molecule has 0 fully saturated rings. The number of amides is 2. The van der Waals surface area contributed by atoms with Crippen molar-refractivity contribution in [2.24, 2.45) is 0 Å². The molecule has 0 saturated heterocycles. The van der Waals surface area contributed by atoms with Gasteiger partial charge in [-0.1, -0.05) is 35.9 Å². The summed E-state index contributed by atoms with van der Waals surface area (Å²) in [6, 6.07) is 12.3. The summed E-state index contributed by atoms with van der Waals surface area (Å²) >= 11 is 6.18. The van der Waals surface area contributed by atoms with Crippen molar-refractivity contribution in [2.75, 3.05) is 25.6 Å². The summed E-state index contributed by atoms with van der Waals surface area (Å²) in [6.45, 7) is 0.419. The number of benzene rings is 2. The third-order valence-corrected chi connectivity index (χ3v) is 4.58. The number of ether oxygens (including phenoxy) is 1. The summed E-state index contributed by atoms with van der Waals surface area (Å²) in [5, 5.41) is 13.0. The molecular weight excluding hydrogens is 328 g/mol. The standard InChI is InChI=1S/C18H19ClN2O3/c1-24-13-6-7-16(15(19)10-13)20-18(23)21-9-8-12-4-2-3-5-14(12)17(21)11-22/h2-7,10,17,22H,8-9,11H2,1H3,(H,20,23)/t17-/m0/s1. The van der Waals surface area contributed by atoms with Gasteiger partial charge in [0.25, 0.3) is 0 Å². The van der Waals surface area contributed by atoms with Gasteiger partial charge in [0.05, 0.1) is 30.5 Å². The summed E-state index contributed by atoms with van der Waals surface area (Å²) in [6.07, 6.45) is 0.760. The summed E-state index contributed by atoms with van der Waals surface area (Å²) in [4.78, 5) is 14.3. The maximum absolute atomic E-state index is 12.7. The molecule has 1 heterocycles. The highest BCUT2D eigenvalue weighted by Gasteiger charge is 2.30. The van der Waals surface area contributed by atoms with Crippen LogP contribution < -0.4 is 10.1 Å². The molecule has 1 aliphatic heterocycles. The number of carbonyl (C=O) groups is 1. The molecule has 6 heteroatoms. The summed E-state index contributed by atoms with van der Waals surface area (Å²) < 4.78 is 5.10. The molecule has 5 nitrogen and oxygen atoms in total. The Hall–Kier alpha value is -2.24. The lowest BCUT2D eigenvalue weighted by molar-refractivity contribution is 0.135. The van der Waals surface area contributed by atoms with Gasteiger partial charge in [-0.3, -0.25) is 0 Å². The molecule has 0 unspecified atom stereocenters. The van der Waals surface area contributed by atoms with Gasteiger partial charge in [-0.2, -0.15) is 0 Å². The van der Waals surface area contributed by atoms with E-state index in [-0.39, 0.29) is 18.7 Å². The van der Waals surface area contributed by atoms with Crippen molar-refractivity contribution in [2.45, 2.75) is 12.5 Å². The van der Waals surface area contributed by atoms with Crippen LogP contribution in [0.25, 0.3) is 0 Å². The first-order valence-corrected chi connectivity index (χ1v) is 8.11. The largest absolute Gasteiger partial charge is 0.497 e. The number of anilines is 1. The van der Waals surface area contributed by atoms with Crippen LogP contribution in [0.1, 0.15) is 17.2 Å². The van der Waals surface area contributed by atoms with Crippen molar-refractivity contribution < 1.29 is 14.6 Å². The Bertz CT molecular complexity index is 751. The number of aliphatic hydroxyl groups is 1. The van der Waals surface area contributed by atoms with E-state index in [1.807, 2.05) is 24.3 Å². The molecule has 0 spiro atoms. The van der Waals surface area contributed by atoms with E-state index in [9.17, 15) is 9.90 Å². The Kier molecular flexibility index (Phi) is 4.92. The highest BCUT2D eigenvalue weighted by Crippen LogP contribution is 2.31. The average molecular weight is 347 g/mol. The molecule has 126 valence electrons. The molecule has 2 amide bonds. The number of halogens is 1. The molecule has 0 saturated carbocycles. The molecule has 2 aromatic rings. The Morgan fingerprint density at radius 2 is 2.17 bits per heavy atom. The molecule has 0 bridgehead atoms. The monoisotopic (exact) mass is 346 g/mol. The Labute approximate surface area is 145 Å². The Balaban J connectivity index is 1.80. The van der Waals surface area contributed by atoms with E-state index >= 15 is 0 Å². The quantitative estimate of drug-likeness (QED) is 0.894. The lowest BCUT2D eigenvalue weighted by atomic mass is 9.93. The van der Waals surface area contributed by atoms with Gasteiger partial charge < -0.3 is 20.1 Å². The van der Waals surface area contributed by atoms with E-state index in [1.165, 1.54) is 5.56 Å². The maximum Gasteiger partial charge on any atom is 0.322 e. The second-order valence-corrected chi connectivity index (χ2v) is 6.02. The van der Waals surface area contributed by atoms with Crippen molar-refractivity contribution in [3.8, 4) is 5.75 Å². The maximum atomic E-state index is 12.7. The normalized spacial score (nSPS) is 16.5. The second-order valence-electron chi connectivity index (χ2n) is 5.62. The van der Waals surface area contributed by atoms with Crippen LogP contribution in [0.15, 0.2) is 42.5 Å². The Morgan fingerprint density at radius 3 is 2.88 bits per heavy atom. The van der Waals surface area contributed by atoms with Crippen molar-refractivity contribution in [3.63, 3.8) is 0 Å². The van der Waals surface area contributed by atoms with Crippen molar-refractivity contribution in [1.82, 2.24) is 4.90 Å². The highest BCUT2D eigenvalue weighted by molar-refractivity contribution is 6.33. The highest BCUT2D eigenvalue weighted by atomic mass is 35.5. The minimum absolute atomic E-state index is 0.124. The van der Waals surface area contributed by atoms with E-state index in [2.05, 4.69) is 5.32 Å². The molecule has 0 aliphatic carbocycles. The van der Waals surface area contributed by atoms with Crippen LogP contribution in [-0.4, -0.2) is 36.3 Å². The summed E-state index contributed by atoms with van der Waals surface area (Å²) in [5.74, 6) is 0.623. The van der Waals surface area contributed by atoms with Gasteiger partial charge in [0.2, 0.25) is 0 Å². The number of rotatable bonds is 3. The smallest absolute Gasteiger partial charge is 0.322 e. The molecule has 0 radical (unpaired) electrons. The van der Waals surface area contributed by atoms with E-state index in [0.717, 1.165) is 12.0 Å². The zero-order valence-corrected chi connectivity index (χ0v) is 14.1. The Morgan fingerprint density at radius 1 is 1.38 bits per heavy atom. The first kappa shape index (κ1) is 16.6. The first-order chi connectivity index (χ1) is 11.6. The predicted molar refractivity (Wildman–Crippen MR) is 93.7 cm³/mol. The number of urea groups is 1. The summed E-state index contributed by atoms with van der Waals surface area (Å²) in [5.41, 5.74) is 2.67. The van der Waals surface area contributed by atoms with E-state index in [0.29, 0.717) is 23.0 Å². The number of methoxy groups -OCH3 is 1. The molecule has 2 N–H and O–H groups in total. The van der Waals surface area contributed by atoms with E-state index in [1.54, 1.807) is 30.2 Å². The van der Waals surface area contributed by atoms with Crippen LogP contribution in [0.4, 0.5) is 10.5 Å². The van der Waals surface area contributed by atoms with Crippen LogP contribution in [0, 0.1) is 0 Å². The third-order valence-electron chi connectivity index (χ3n) is 4.26. The van der Waals surface area contributed by atoms with Crippen LogP contribution in [0.5, 0.6) is 5.75 Å². The van der Waals surface area contributed by atoms with Crippen LogP contribution in [-0.2, 0) is 6.42 Å². The fourth-order valence-corrected chi connectivity index (χ4v) is 3.22. The van der Waals surface area contributed by atoms with Gasteiger partial charge in [-0.05, 0) is 29.7 Å². The number of fused-ring (bicyclic) bond motifs is 1. The molecular formula is C18H19ClN2O3. The number of hydrogen-bond donors (Lipinski definition) is 2. The molecule has 1 atom stereocenters. The van der Waals surface area contributed by atoms with Gasteiger partial charge in [-0.15, -0.1) is 0 Å². The topological polar surface area (TPSA) is 61.8 Å². The van der Waals surface area contributed by atoms with Crippen molar-refractivity contribution in [3.05, 3.63) is 58.6 Å². The average Bonchev–Trinajstić information content (AvgIpc) is 2.62. The van der Waals surface area contributed by atoms with Gasteiger partial charge >= 0.3 is 6.03 Å². The fraction of sp³-hybridized carbons (Fsp3) is 0.278. The molecule has 2 aromatic carbocycles. The molecule has 3 rings (SSSR count). The van der Waals surface area contributed by atoms with Gasteiger partial charge in [0.1, 0.15) is 5.75 Å². The second kappa shape index (κ2) is 7.11. The van der Waals surface area contributed by atoms with Crippen molar-refractivity contribution in [1.29, 1.82) is 0 Å². The van der Waals surface area contributed by atoms with Crippen LogP contribution in [0.2, 0.25) is 5.02 Å². The number of nitrogens with zero attached hydrogens (tertiary/aromatic N) is 1. The first-order valence-electron chi connectivity index (χ1n) is 7.74. The lowest BCUT2D eigenvalue weighted by Crippen LogP contribution is -2.43. The minimum Gasteiger partial charge on any atom is -0.497 e. The van der Waals surface area contributed by atoms with Gasteiger partial charge in [0.15, 0.2) is 0 Å². The van der Waals surface area contributed by atoms with Crippen molar-refractivity contribution >= 4 is 23.3 Å². The predicted octanol–water partition coefficient (Wildman–Crippen LogP) is 3.47. The minimum atomic E-state index is -0.355. The van der Waals surface area contributed by atoms with Crippen LogP contribution >= 0.6 is 11.6 Å². The molecule has 1 aliphatic rings. The number of nitrogens with one attached hydrogen (secondary N) is 1. The van der Waals surface area contributed by atoms with Gasteiger partial charge in [0, 0.05) is 12.6 Å². The number of hydrogen-bond acceptors (Lipinski definition) is 3.